The third-order valence-corrected chi connectivity index (χ3v) is 2.13. The fraction of sp³-hybridized carbons (Fsp3) is 0.364. The molecule has 1 aromatic rings. The Kier molecular flexibility index (Phi) is 4.24. The van der Waals surface area contributed by atoms with E-state index < -0.39 is 12.1 Å². The number of aliphatic hydroxyl groups excluding tert-OH is 1. The van der Waals surface area contributed by atoms with Gasteiger partial charge in [0.25, 0.3) is 0 Å². The maximum absolute atomic E-state index is 11.9. The Morgan fingerprint density at radius 2 is 1.93 bits per heavy atom. The average molecular weight is 212 g/mol. The summed E-state index contributed by atoms with van der Waals surface area (Å²) in [6.45, 7) is -0.362. The molecule has 0 saturated heterocycles. The molecule has 2 N–H and O–H groups in total. The fourth-order valence-electron chi connectivity index (χ4n) is 1.28. The van der Waals surface area contributed by atoms with E-state index in [9.17, 15) is 14.3 Å². The van der Waals surface area contributed by atoms with E-state index in [1.807, 2.05) is 0 Å². The third kappa shape index (κ3) is 3.32. The van der Waals surface area contributed by atoms with Gasteiger partial charge in [0.15, 0.2) is 6.10 Å². The van der Waals surface area contributed by atoms with Gasteiger partial charge in [0.05, 0.1) is 6.67 Å². The Morgan fingerprint density at radius 1 is 1.33 bits per heavy atom. The highest BCUT2D eigenvalue weighted by atomic mass is 19.1. The lowest BCUT2D eigenvalue weighted by atomic mass is 10.0. The zero-order valence-corrected chi connectivity index (χ0v) is 8.19. The monoisotopic (exact) mass is 212 g/mol. The summed E-state index contributed by atoms with van der Waals surface area (Å²) >= 11 is 0. The van der Waals surface area contributed by atoms with Crippen LogP contribution in [0.1, 0.15) is 23.7 Å². The van der Waals surface area contributed by atoms with Crippen molar-refractivity contribution in [1.82, 2.24) is 0 Å². The standard InChI is InChI=1S/C11H13FO3/c12-7-1-2-8-3-5-9(6-4-8)10(13)11(14)15/h3-6,10,13H,1-2,7H2,(H,14,15). The number of aliphatic carboxylic acids is 1. The molecule has 1 atom stereocenters. The molecule has 0 saturated carbocycles. The van der Waals surface area contributed by atoms with Gasteiger partial charge in [0, 0.05) is 0 Å². The third-order valence-electron chi connectivity index (χ3n) is 2.13. The maximum Gasteiger partial charge on any atom is 0.337 e. The van der Waals surface area contributed by atoms with Crippen LogP contribution in [0.5, 0.6) is 0 Å². The summed E-state index contributed by atoms with van der Waals surface area (Å²) < 4.78 is 11.9. The second kappa shape index (κ2) is 5.46. The Balaban J connectivity index is 2.67. The molecule has 82 valence electrons. The highest BCUT2D eigenvalue weighted by Gasteiger charge is 2.14. The van der Waals surface area contributed by atoms with Gasteiger partial charge >= 0.3 is 5.97 Å². The molecule has 0 aromatic heterocycles. The molecule has 3 nitrogen and oxygen atoms in total. The minimum absolute atomic E-state index is 0.339. The molecular formula is C11H13FO3. The molecule has 0 aliphatic carbocycles. The Morgan fingerprint density at radius 3 is 2.40 bits per heavy atom. The van der Waals surface area contributed by atoms with Crippen molar-refractivity contribution in [2.75, 3.05) is 6.67 Å². The Bertz CT molecular complexity index is 321. The van der Waals surface area contributed by atoms with Crippen molar-refractivity contribution in [3.63, 3.8) is 0 Å². The van der Waals surface area contributed by atoms with Gasteiger partial charge in [-0.2, -0.15) is 0 Å². The quantitative estimate of drug-likeness (QED) is 0.781. The predicted octanol–water partition coefficient (Wildman–Crippen LogP) is 1.71. The van der Waals surface area contributed by atoms with E-state index in [1.54, 1.807) is 24.3 Å². The van der Waals surface area contributed by atoms with Crippen molar-refractivity contribution in [2.45, 2.75) is 18.9 Å². The van der Waals surface area contributed by atoms with Gasteiger partial charge in [-0.1, -0.05) is 24.3 Å². The number of rotatable bonds is 5. The van der Waals surface area contributed by atoms with Crippen molar-refractivity contribution in [2.24, 2.45) is 0 Å². The number of halogens is 1. The first-order valence-electron chi connectivity index (χ1n) is 4.71. The molecule has 1 unspecified atom stereocenters. The van der Waals surface area contributed by atoms with Crippen molar-refractivity contribution in [3.05, 3.63) is 35.4 Å². The largest absolute Gasteiger partial charge is 0.479 e. The Labute approximate surface area is 87.2 Å². The molecule has 0 aliphatic heterocycles. The van der Waals surface area contributed by atoms with Crippen molar-refractivity contribution >= 4 is 5.97 Å². The maximum atomic E-state index is 11.9. The van der Waals surface area contributed by atoms with E-state index in [0.29, 0.717) is 18.4 Å². The molecule has 15 heavy (non-hydrogen) atoms. The molecule has 0 spiro atoms. The number of aryl methyl sites for hydroxylation is 1. The first kappa shape index (κ1) is 11.7. The molecule has 1 aromatic carbocycles. The second-order valence-corrected chi connectivity index (χ2v) is 3.27. The molecule has 0 fully saturated rings. The number of carboxylic acid groups (broad SMARTS) is 1. The summed E-state index contributed by atoms with van der Waals surface area (Å²) in [6, 6.07) is 6.51. The first-order chi connectivity index (χ1) is 7.15. The summed E-state index contributed by atoms with van der Waals surface area (Å²) in [5.74, 6) is -1.27. The van der Waals surface area contributed by atoms with E-state index in [1.165, 1.54) is 0 Å². The summed E-state index contributed by atoms with van der Waals surface area (Å²) in [4.78, 5) is 10.5. The highest BCUT2D eigenvalue weighted by Crippen LogP contribution is 2.14. The zero-order chi connectivity index (χ0) is 11.3. The van der Waals surface area contributed by atoms with E-state index >= 15 is 0 Å². The number of hydrogen-bond donors (Lipinski definition) is 2. The average Bonchev–Trinajstić information content (AvgIpc) is 2.26. The summed E-state index contributed by atoms with van der Waals surface area (Å²) in [5, 5.41) is 17.8. The lowest BCUT2D eigenvalue weighted by Crippen LogP contribution is -2.10. The molecule has 0 heterocycles. The van der Waals surface area contributed by atoms with Gasteiger partial charge in [-0.3, -0.25) is 4.39 Å². The smallest absolute Gasteiger partial charge is 0.337 e. The lowest BCUT2D eigenvalue weighted by molar-refractivity contribution is -0.146. The number of carbonyl (C=O) groups is 1. The molecule has 0 aliphatic rings. The van der Waals surface area contributed by atoms with Crippen molar-refractivity contribution in [3.8, 4) is 0 Å². The molecule has 0 amide bonds. The summed E-state index contributed by atoms with van der Waals surface area (Å²) in [7, 11) is 0. The van der Waals surface area contributed by atoms with Crippen LogP contribution in [0.4, 0.5) is 4.39 Å². The number of alkyl halides is 1. The van der Waals surface area contributed by atoms with Gasteiger partial charge in [-0.05, 0) is 24.0 Å². The fourth-order valence-corrected chi connectivity index (χ4v) is 1.28. The van der Waals surface area contributed by atoms with Crippen LogP contribution in [0.3, 0.4) is 0 Å². The molecule has 4 heteroatoms. The lowest BCUT2D eigenvalue weighted by Gasteiger charge is -2.06. The van der Waals surface area contributed by atoms with Gasteiger partial charge in [0.2, 0.25) is 0 Å². The van der Waals surface area contributed by atoms with Crippen LogP contribution in [0.2, 0.25) is 0 Å². The molecule has 0 bridgehead atoms. The van der Waals surface area contributed by atoms with Crippen LogP contribution in [0.15, 0.2) is 24.3 Å². The minimum atomic E-state index is -1.49. The van der Waals surface area contributed by atoms with Crippen LogP contribution >= 0.6 is 0 Å². The molecular weight excluding hydrogens is 199 g/mol. The van der Waals surface area contributed by atoms with E-state index in [-0.39, 0.29) is 6.67 Å². The van der Waals surface area contributed by atoms with Crippen LogP contribution in [-0.4, -0.2) is 22.9 Å². The van der Waals surface area contributed by atoms with Gasteiger partial charge in [-0.15, -0.1) is 0 Å². The molecule has 0 radical (unpaired) electrons. The molecule has 1 rings (SSSR count). The first-order valence-corrected chi connectivity index (χ1v) is 4.71. The van der Waals surface area contributed by atoms with Gasteiger partial charge < -0.3 is 10.2 Å². The summed E-state index contributed by atoms with van der Waals surface area (Å²) in [5.41, 5.74) is 1.28. The normalized spacial score (nSPS) is 12.4. The predicted molar refractivity (Wildman–Crippen MR) is 53.3 cm³/mol. The SMILES string of the molecule is O=C(O)C(O)c1ccc(CCCF)cc1. The topological polar surface area (TPSA) is 57.5 Å². The summed E-state index contributed by atoms with van der Waals surface area (Å²) in [6.07, 6.45) is -0.402. The van der Waals surface area contributed by atoms with Crippen LogP contribution in [0, 0.1) is 0 Å². The second-order valence-electron chi connectivity index (χ2n) is 3.27. The van der Waals surface area contributed by atoms with Crippen molar-refractivity contribution < 1.29 is 19.4 Å². The minimum Gasteiger partial charge on any atom is -0.479 e. The van der Waals surface area contributed by atoms with E-state index in [4.69, 9.17) is 5.11 Å². The van der Waals surface area contributed by atoms with Crippen LogP contribution in [0.25, 0.3) is 0 Å². The number of hydrogen-bond acceptors (Lipinski definition) is 2. The van der Waals surface area contributed by atoms with Crippen LogP contribution in [-0.2, 0) is 11.2 Å². The van der Waals surface area contributed by atoms with Crippen molar-refractivity contribution in [1.29, 1.82) is 0 Å². The number of carboxylic acids is 1. The van der Waals surface area contributed by atoms with E-state index in [2.05, 4.69) is 0 Å². The number of benzene rings is 1. The highest BCUT2D eigenvalue weighted by molar-refractivity contribution is 5.73. The van der Waals surface area contributed by atoms with Gasteiger partial charge in [0.1, 0.15) is 0 Å². The van der Waals surface area contributed by atoms with Gasteiger partial charge in [-0.25, -0.2) is 4.79 Å². The van der Waals surface area contributed by atoms with Crippen LogP contribution < -0.4 is 0 Å². The van der Waals surface area contributed by atoms with E-state index in [0.717, 1.165) is 5.56 Å². The number of aliphatic hydroxyl groups is 1. The Hall–Kier alpha value is -1.42. The zero-order valence-electron chi connectivity index (χ0n) is 8.19.